The van der Waals surface area contributed by atoms with Crippen molar-refractivity contribution in [2.45, 2.75) is 5.92 Å². The molecule has 1 atom stereocenters. The van der Waals surface area contributed by atoms with Crippen LogP contribution < -0.4 is 0 Å². The van der Waals surface area contributed by atoms with E-state index in [4.69, 9.17) is 46.4 Å². The second kappa shape index (κ2) is 6.02. The van der Waals surface area contributed by atoms with Crippen LogP contribution in [0, 0.1) is 0 Å². The highest BCUT2D eigenvalue weighted by molar-refractivity contribution is 8.02. The highest BCUT2D eigenvalue weighted by Gasteiger charge is 2.31. The minimum Gasteiger partial charge on any atom is -0.221 e. The molecule has 3 rings (SSSR count). The fourth-order valence-corrected chi connectivity index (χ4v) is 4.21. The Morgan fingerprint density at radius 3 is 2.24 bits per heavy atom. The number of nitrogens with zero attached hydrogens (tertiary/aromatic N) is 1. The summed E-state index contributed by atoms with van der Waals surface area (Å²) in [6.07, 6.45) is 4.16. The Morgan fingerprint density at radius 1 is 1.00 bits per heavy atom. The van der Waals surface area contributed by atoms with Gasteiger partial charge in [0.2, 0.25) is 0 Å². The van der Waals surface area contributed by atoms with Gasteiger partial charge >= 0.3 is 0 Å². The maximum Gasteiger partial charge on any atom is 0.149 e. The van der Waals surface area contributed by atoms with Crippen molar-refractivity contribution in [1.82, 2.24) is 4.98 Å². The first-order valence-electron chi connectivity index (χ1n) is 6.09. The molecule has 0 bridgehead atoms. The van der Waals surface area contributed by atoms with Crippen LogP contribution in [-0.4, -0.2) is 11.2 Å². The molecule has 1 heterocycles. The molecule has 21 heavy (non-hydrogen) atoms. The molecule has 0 fully saturated rings. The predicted octanol–water partition coefficient (Wildman–Crippen LogP) is 6.54. The summed E-state index contributed by atoms with van der Waals surface area (Å²) >= 11 is 26.5. The summed E-state index contributed by atoms with van der Waals surface area (Å²) in [5, 5.41) is 1.05. The van der Waals surface area contributed by atoms with Crippen molar-refractivity contribution >= 4 is 64.2 Å². The lowest BCUT2D eigenvalue weighted by atomic mass is 9.93. The molecule has 2 aromatic rings. The van der Waals surface area contributed by atoms with Crippen LogP contribution in [0.15, 0.2) is 29.2 Å². The van der Waals surface area contributed by atoms with Crippen molar-refractivity contribution in [3.8, 4) is 0 Å². The lowest BCUT2D eigenvalue weighted by Crippen LogP contribution is -2.03. The third-order valence-electron chi connectivity index (χ3n) is 3.45. The lowest BCUT2D eigenvalue weighted by molar-refractivity contribution is 1.03. The van der Waals surface area contributed by atoms with Crippen molar-refractivity contribution in [3.63, 3.8) is 0 Å². The maximum atomic E-state index is 6.37. The van der Waals surface area contributed by atoms with E-state index < -0.39 is 0 Å². The van der Waals surface area contributed by atoms with Crippen LogP contribution in [-0.2, 0) is 0 Å². The topological polar surface area (TPSA) is 12.9 Å². The molecule has 1 nitrogen and oxygen atoms in total. The molecule has 0 spiro atoms. The second-order valence-electron chi connectivity index (χ2n) is 4.55. The molecule has 1 unspecified atom stereocenters. The van der Waals surface area contributed by atoms with Gasteiger partial charge in [0.05, 0.1) is 10.0 Å². The van der Waals surface area contributed by atoms with E-state index in [1.165, 1.54) is 0 Å². The molecule has 0 radical (unpaired) electrons. The number of benzene rings is 1. The minimum atomic E-state index is -0.0609. The molecule has 0 amide bonds. The second-order valence-corrected chi connectivity index (χ2v) is 6.90. The van der Waals surface area contributed by atoms with Gasteiger partial charge in [-0.25, -0.2) is 4.98 Å². The Bertz CT molecular complexity index is 731. The molecule has 1 aromatic carbocycles. The first kappa shape index (κ1) is 15.5. The van der Waals surface area contributed by atoms with Gasteiger partial charge in [0.15, 0.2) is 0 Å². The Balaban J connectivity index is 2.28. The van der Waals surface area contributed by atoms with Gasteiger partial charge in [0.1, 0.15) is 10.3 Å². The number of hydrogen-bond donors (Lipinski definition) is 0. The van der Waals surface area contributed by atoms with Crippen LogP contribution in [0.25, 0.3) is 6.08 Å². The van der Waals surface area contributed by atoms with E-state index in [2.05, 4.69) is 23.2 Å². The summed E-state index contributed by atoms with van der Waals surface area (Å²) in [4.78, 5) is 5.10. The number of rotatable bonds is 2. The number of fused-ring (bicyclic) bond motifs is 1. The third-order valence-corrected chi connectivity index (χ3v) is 5.78. The van der Waals surface area contributed by atoms with Gasteiger partial charge in [-0.1, -0.05) is 70.7 Å². The van der Waals surface area contributed by atoms with Crippen molar-refractivity contribution in [2.75, 3.05) is 6.26 Å². The Hall–Kier alpha value is -0.380. The molecule has 0 saturated heterocycles. The monoisotopic (exact) mass is 375 g/mol. The van der Waals surface area contributed by atoms with Gasteiger partial charge < -0.3 is 0 Å². The number of hydrogen-bond acceptors (Lipinski definition) is 2. The van der Waals surface area contributed by atoms with Crippen LogP contribution in [0.5, 0.6) is 0 Å². The zero-order valence-corrected chi connectivity index (χ0v) is 14.7. The summed E-state index contributed by atoms with van der Waals surface area (Å²) in [5.74, 6) is -0.0609. The molecule has 1 aliphatic carbocycles. The standard InChI is InChI=1S/C15H9Cl4NS/c1-21-9-6-7-4-2-3-5-8(7)10(9)11-12(16)14(18)20-15(19)13(11)17/h2-6,10H,1H3. The van der Waals surface area contributed by atoms with Crippen LogP contribution >= 0.6 is 58.2 Å². The molecule has 6 heteroatoms. The fraction of sp³-hybridized carbons (Fsp3) is 0.133. The highest BCUT2D eigenvalue weighted by atomic mass is 35.5. The summed E-state index contributed by atoms with van der Waals surface area (Å²) in [5.41, 5.74) is 3.01. The third kappa shape index (κ3) is 2.58. The normalized spacial score (nSPS) is 16.8. The quantitative estimate of drug-likeness (QED) is 0.551. The van der Waals surface area contributed by atoms with Gasteiger partial charge in [-0.2, -0.15) is 0 Å². The van der Waals surface area contributed by atoms with Gasteiger partial charge in [0, 0.05) is 11.5 Å². The van der Waals surface area contributed by atoms with E-state index in [9.17, 15) is 0 Å². The van der Waals surface area contributed by atoms with Gasteiger partial charge in [-0.05, 0) is 28.4 Å². The summed E-state index contributed by atoms with van der Waals surface area (Å²) in [6.45, 7) is 0. The molecule has 1 aliphatic rings. The van der Waals surface area contributed by atoms with E-state index in [0.717, 1.165) is 16.0 Å². The van der Waals surface area contributed by atoms with E-state index in [-0.39, 0.29) is 16.2 Å². The number of thioether (sulfide) groups is 1. The highest BCUT2D eigenvalue weighted by Crippen LogP contribution is 2.51. The zero-order valence-electron chi connectivity index (χ0n) is 10.8. The van der Waals surface area contributed by atoms with Gasteiger partial charge in [-0.3, -0.25) is 0 Å². The van der Waals surface area contributed by atoms with E-state index >= 15 is 0 Å². The maximum absolute atomic E-state index is 6.37. The Morgan fingerprint density at radius 2 is 1.62 bits per heavy atom. The van der Waals surface area contributed by atoms with Crippen LogP contribution in [0.2, 0.25) is 20.4 Å². The SMILES string of the molecule is CSC1=Cc2ccccc2C1c1c(Cl)c(Cl)nc(Cl)c1Cl. The van der Waals surface area contributed by atoms with Crippen molar-refractivity contribution in [3.05, 3.63) is 66.2 Å². The Labute approximate surface area is 147 Å². The summed E-state index contributed by atoms with van der Waals surface area (Å²) in [6, 6.07) is 8.13. The number of allylic oxidation sites excluding steroid dienone is 1. The van der Waals surface area contributed by atoms with E-state index in [0.29, 0.717) is 15.6 Å². The Kier molecular flexibility index (Phi) is 4.45. The average Bonchev–Trinajstić information content (AvgIpc) is 2.84. The molecule has 0 aliphatic heterocycles. The average molecular weight is 377 g/mol. The van der Waals surface area contributed by atoms with Crippen molar-refractivity contribution in [1.29, 1.82) is 0 Å². The molecule has 0 saturated carbocycles. The minimum absolute atomic E-state index is 0.0609. The molecular formula is C15H9Cl4NS. The summed E-state index contributed by atoms with van der Waals surface area (Å²) < 4.78 is 0. The molecule has 1 aromatic heterocycles. The predicted molar refractivity (Wildman–Crippen MR) is 94.1 cm³/mol. The number of halogens is 4. The van der Waals surface area contributed by atoms with Crippen LogP contribution in [0.3, 0.4) is 0 Å². The van der Waals surface area contributed by atoms with Gasteiger partial charge in [-0.15, -0.1) is 11.8 Å². The molecule has 0 N–H and O–H groups in total. The molecular weight excluding hydrogens is 368 g/mol. The van der Waals surface area contributed by atoms with E-state index in [1.807, 2.05) is 18.4 Å². The largest absolute Gasteiger partial charge is 0.221 e. The van der Waals surface area contributed by atoms with Crippen molar-refractivity contribution < 1.29 is 0 Å². The lowest BCUT2D eigenvalue weighted by Gasteiger charge is -2.20. The fourth-order valence-electron chi connectivity index (χ4n) is 2.53. The smallest absolute Gasteiger partial charge is 0.149 e. The zero-order chi connectivity index (χ0) is 15.1. The summed E-state index contributed by atoms with van der Waals surface area (Å²) in [7, 11) is 0. The first-order valence-corrected chi connectivity index (χ1v) is 8.82. The van der Waals surface area contributed by atoms with Gasteiger partial charge in [0.25, 0.3) is 0 Å². The number of pyridine rings is 1. The van der Waals surface area contributed by atoms with Crippen LogP contribution in [0.4, 0.5) is 0 Å². The van der Waals surface area contributed by atoms with Crippen LogP contribution in [0.1, 0.15) is 22.6 Å². The number of aromatic nitrogens is 1. The first-order chi connectivity index (χ1) is 10.0. The van der Waals surface area contributed by atoms with E-state index in [1.54, 1.807) is 11.8 Å². The molecule has 108 valence electrons. The van der Waals surface area contributed by atoms with Crippen molar-refractivity contribution in [2.24, 2.45) is 0 Å².